The molecule has 1 saturated heterocycles. The van der Waals surface area contributed by atoms with Crippen LogP contribution in [0.2, 0.25) is 0 Å². The van der Waals surface area contributed by atoms with Crippen molar-refractivity contribution in [3.05, 3.63) is 30.3 Å². The zero-order valence-corrected chi connectivity index (χ0v) is 8.39. The number of hydroxylamine groups is 2. The summed E-state index contributed by atoms with van der Waals surface area (Å²) in [4.78, 5) is 16.3. The summed E-state index contributed by atoms with van der Waals surface area (Å²) in [6.45, 7) is 1.59. The highest BCUT2D eigenvalue weighted by Gasteiger charge is 2.17. The highest BCUT2D eigenvalue weighted by molar-refractivity contribution is 5.63. The highest BCUT2D eigenvalue weighted by atomic mass is 16.8. The van der Waals surface area contributed by atoms with Crippen LogP contribution in [0.3, 0.4) is 0 Å². The van der Waals surface area contributed by atoms with Gasteiger partial charge >= 0.3 is 6.16 Å². The first-order valence-corrected chi connectivity index (χ1v) is 5.04. The molecule has 1 heterocycles. The molecule has 0 amide bonds. The van der Waals surface area contributed by atoms with E-state index in [0.29, 0.717) is 5.75 Å². The van der Waals surface area contributed by atoms with Crippen molar-refractivity contribution in [3.63, 3.8) is 0 Å². The standard InChI is InChI=1S/C11H13NO3/c13-11(15-12-8-4-5-9-12)14-10-6-2-1-3-7-10/h1-3,6-7H,4-5,8-9H2. The molecule has 0 unspecified atom stereocenters. The van der Waals surface area contributed by atoms with Crippen LogP contribution < -0.4 is 4.74 Å². The Morgan fingerprint density at radius 1 is 1.13 bits per heavy atom. The van der Waals surface area contributed by atoms with Crippen molar-refractivity contribution in [1.29, 1.82) is 0 Å². The molecule has 1 aliphatic heterocycles. The van der Waals surface area contributed by atoms with E-state index in [1.165, 1.54) is 0 Å². The van der Waals surface area contributed by atoms with Gasteiger partial charge in [0.1, 0.15) is 5.75 Å². The lowest BCUT2D eigenvalue weighted by atomic mass is 10.3. The van der Waals surface area contributed by atoms with Crippen molar-refractivity contribution in [2.75, 3.05) is 13.1 Å². The maximum Gasteiger partial charge on any atom is 0.533 e. The Bertz CT molecular complexity index is 320. The van der Waals surface area contributed by atoms with Crippen molar-refractivity contribution in [2.45, 2.75) is 12.8 Å². The highest BCUT2D eigenvalue weighted by Crippen LogP contribution is 2.12. The van der Waals surface area contributed by atoms with E-state index in [1.54, 1.807) is 29.3 Å². The van der Waals surface area contributed by atoms with Crippen LogP contribution in [0, 0.1) is 0 Å². The molecule has 0 aliphatic carbocycles. The van der Waals surface area contributed by atoms with Gasteiger partial charge in [-0.1, -0.05) is 18.2 Å². The van der Waals surface area contributed by atoms with Crippen LogP contribution in [0.4, 0.5) is 4.79 Å². The Balaban J connectivity index is 1.82. The summed E-state index contributed by atoms with van der Waals surface area (Å²) in [7, 11) is 0. The quantitative estimate of drug-likeness (QED) is 0.550. The Morgan fingerprint density at radius 2 is 1.80 bits per heavy atom. The lowest BCUT2D eigenvalue weighted by Gasteiger charge is -2.13. The van der Waals surface area contributed by atoms with Gasteiger partial charge in [0, 0.05) is 13.1 Å². The number of nitrogens with zero attached hydrogens (tertiary/aromatic N) is 1. The van der Waals surface area contributed by atoms with Gasteiger partial charge in [-0.2, -0.15) is 0 Å². The minimum absolute atomic E-state index is 0.502. The number of para-hydroxylation sites is 1. The second-order valence-electron chi connectivity index (χ2n) is 3.39. The van der Waals surface area contributed by atoms with Crippen LogP contribution in [-0.4, -0.2) is 24.3 Å². The van der Waals surface area contributed by atoms with Gasteiger partial charge in [0.25, 0.3) is 0 Å². The molecule has 0 atom stereocenters. The van der Waals surface area contributed by atoms with Gasteiger partial charge in [-0.3, -0.25) is 0 Å². The van der Waals surface area contributed by atoms with Gasteiger partial charge < -0.3 is 9.57 Å². The minimum Gasteiger partial charge on any atom is -0.394 e. The van der Waals surface area contributed by atoms with Crippen molar-refractivity contribution in [3.8, 4) is 5.75 Å². The van der Waals surface area contributed by atoms with E-state index >= 15 is 0 Å². The molecule has 0 aromatic heterocycles. The van der Waals surface area contributed by atoms with Gasteiger partial charge in [0.2, 0.25) is 0 Å². The number of hydrogen-bond acceptors (Lipinski definition) is 4. The average molecular weight is 207 g/mol. The van der Waals surface area contributed by atoms with Crippen LogP contribution >= 0.6 is 0 Å². The molecule has 2 rings (SSSR count). The van der Waals surface area contributed by atoms with E-state index in [9.17, 15) is 4.79 Å². The monoisotopic (exact) mass is 207 g/mol. The maximum absolute atomic E-state index is 11.3. The molecule has 4 heteroatoms. The second-order valence-corrected chi connectivity index (χ2v) is 3.39. The van der Waals surface area contributed by atoms with Crippen molar-refractivity contribution < 1.29 is 14.4 Å². The van der Waals surface area contributed by atoms with Crippen LogP contribution in [0.5, 0.6) is 5.75 Å². The van der Waals surface area contributed by atoms with Crippen molar-refractivity contribution in [1.82, 2.24) is 5.06 Å². The predicted octanol–water partition coefficient (Wildman–Crippen LogP) is 2.21. The molecular weight excluding hydrogens is 194 g/mol. The first-order chi connectivity index (χ1) is 7.34. The van der Waals surface area contributed by atoms with Gasteiger partial charge in [-0.15, -0.1) is 5.06 Å². The Kier molecular flexibility index (Phi) is 3.19. The molecule has 1 aromatic rings. The summed E-state index contributed by atoms with van der Waals surface area (Å²) in [5.41, 5.74) is 0. The summed E-state index contributed by atoms with van der Waals surface area (Å²) in [6, 6.07) is 8.89. The number of carbonyl (C=O) groups is 1. The third-order valence-electron chi connectivity index (χ3n) is 2.21. The second kappa shape index (κ2) is 4.79. The zero-order valence-electron chi connectivity index (χ0n) is 8.39. The third kappa shape index (κ3) is 2.95. The fourth-order valence-corrected chi connectivity index (χ4v) is 1.49. The van der Waals surface area contributed by atoms with E-state index in [0.717, 1.165) is 25.9 Å². The lowest BCUT2D eigenvalue weighted by Crippen LogP contribution is -2.25. The number of carbonyl (C=O) groups excluding carboxylic acids is 1. The Morgan fingerprint density at radius 3 is 2.47 bits per heavy atom. The molecular formula is C11H13NO3. The van der Waals surface area contributed by atoms with E-state index in [-0.39, 0.29) is 0 Å². The molecule has 0 radical (unpaired) electrons. The minimum atomic E-state index is -0.664. The molecule has 80 valence electrons. The fourth-order valence-electron chi connectivity index (χ4n) is 1.49. The molecule has 4 nitrogen and oxygen atoms in total. The zero-order chi connectivity index (χ0) is 10.5. The average Bonchev–Trinajstić information content (AvgIpc) is 2.71. The number of hydrogen-bond donors (Lipinski definition) is 0. The Hall–Kier alpha value is -1.55. The van der Waals surface area contributed by atoms with E-state index in [2.05, 4.69) is 0 Å². The molecule has 0 bridgehead atoms. The van der Waals surface area contributed by atoms with Crippen LogP contribution in [-0.2, 0) is 4.84 Å². The summed E-state index contributed by atoms with van der Waals surface area (Å²) >= 11 is 0. The molecule has 15 heavy (non-hydrogen) atoms. The third-order valence-corrected chi connectivity index (χ3v) is 2.21. The lowest BCUT2D eigenvalue weighted by molar-refractivity contribution is -0.0986. The molecule has 1 fully saturated rings. The Labute approximate surface area is 88.4 Å². The summed E-state index contributed by atoms with van der Waals surface area (Å²) in [5.74, 6) is 0.502. The molecule has 0 spiro atoms. The number of ether oxygens (including phenoxy) is 1. The van der Waals surface area contributed by atoms with Crippen molar-refractivity contribution >= 4 is 6.16 Å². The molecule has 0 saturated carbocycles. The van der Waals surface area contributed by atoms with Crippen molar-refractivity contribution in [2.24, 2.45) is 0 Å². The summed E-state index contributed by atoms with van der Waals surface area (Å²) in [5, 5.41) is 1.63. The topological polar surface area (TPSA) is 38.8 Å². The van der Waals surface area contributed by atoms with E-state index < -0.39 is 6.16 Å². The normalized spacial score (nSPS) is 16.3. The first kappa shape index (κ1) is 9.98. The number of benzene rings is 1. The van der Waals surface area contributed by atoms with E-state index in [1.807, 2.05) is 6.07 Å². The van der Waals surface area contributed by atoms with Gasteiger partial charge in [-0.05, 0) is 25.0 Å². The van der Waals surface area contributed by atoms with Gasteiger partial charge in [-0.25, -0.2) is 4.79 Å². The van der Waals surface area contributed by atoms with Crippen LogP contribution in [0.1, 0.15) is 12.8 Å². The van der Waals surface area contributed by atoms with E-state index in [4.69, 9.17) is 9.57 Å². The summed E-state index contributed by atoms with van der Waals surface area (Å²) < 4.78 is 4.97. The molecule has 1 aliphatic rings. The first-order valence-electron chi connectivity index (χ1n) is 5.04. The summed E-state index contributed by atoms with van der Waals surface area (Å²) in [6.07, 6.45) is 1.47. The van der Waals surface area contributed by atoms with Crippen LogP contribution in [0.15, 0.2) is 30.3 Å². The van der Waals surface area contributed by atoms with Crippen LogP contribution in [0.25, 0.3) is 0 Å². The molecule has 0 N–H and O–H groups in total. The maximum atomic E-state index is 11.3. The fraction of sp³-hybridized carbons (Fsp3) is 0.364. The number of rotatable bonds is 2. The van der Waals surface area contributed by atoms with Gasteiger partial charge in [0.15, 0.2) is 0 Å². The molecule has 1 aromatic carbocycles. The SMILES string of the molecule is O=C(Oc1ccccc1)ON1CCCC1. The smallest absolute Gasteiger partial charge is 0.394 e. The van der Waals surface area contributed by atoms with Gasteiger partial charge in [0.05, 0.1) is 0 Å². The largest absolute Gasteiger partial charge is 0.533 e. The predicted molar refractivity (Wildman–Crippen MR) is 54.4 cm³/mol.